The fraction of sp³-hybridized carbons (Fsp3) is 0.867. The Balaban J connectivity index is 2.04. The summed E-state index contributed by atoms with van der Waals surface area (Å²) in [6, 6.07) is -0.598. The van der Waals surface area contributed by atoms with Crippen LogP contribution in [0.15, 0.2) is 0 Å². The minimum absolute atomic E-state index is 0.0674. The van der Waals surface area contributed by atoms with E-state index in [-0.39, 0.29) is 11.8 Å². The molecule has 1 aliphatic carbocycles. The molecule has 2 atom stereocenters. The molecule has 0 aromatic carbocycles. The minimum Gasteiger partial charge on any atom is -0.480 e. The van der Waals surface area contributed by atoms with Gasteiger partial charge in [0.2, 0.25) is 5.91 Å². The Morgan fingerprint density at radius 3 is 2.26 bits per heavy atom. The van der Waals surface area contributed by atoms with Gasteiger partial charge in [0.25, 0.3) is 0 Å². The molecule has 2 aliphatic rings. The third kappa shape index (κ3) is 3.48. The van der Waals surface area contributed by atoms with Crippen molar-refractivity contribution in [2.75, 3.05) is 6.54 Å². The predicted molar refractivity (Wildman–Crippen MR) is 72.7 cm³/mol. The fourth-order valence-electron chi connectivity index (χ4n) is 3.40. The molecule has 1 saturated carbocycles. The van der Waals surface area contributed by atoms with E-state index in [0.29, 0.717) is 18.9 Å². The van der Waals surface area contributed by atoms with E-state index < -0.39 is 12.0 Å². The average Bonchev–Trinajstić information content (AvgIpc) is 2.66. The molecule has 0 aromatic heterocycles. The summed E-state index contributed by atoms with van der Waals surface area (Å²) in [4.78, 5) is 25.6. The number of likely N-dealkylation sites (tertiary alicyclic amines) is 1. The second-order valence-corrected chi connectivity index (χ2v) is 6.20. The van der Waals surface area contributed by atoms with Crippen LogP contribution in [0.5, 0.6) is 0 Å². The third-order valence-corrected chi connectivity index (χ3v) is 4.64. The highest BCUT2D eigenvalue weighted by atomic mass is 16.4. The van der Waals surface area contributed by atoms with Crippen molar-refractivity contribution >= 4 is 11.9 Å². The summed E-state index contributed by atoms with van der Waals surface area (Å²) >= 11 is 0. The van der Waals surface area contributed by atoms with Crippen LogP contribution in [-0.2, 0) is 9.59 Å². The largest absolute Gasteiger partial charge is 0.480 e. The van der Waals surface area contributed by atoms with Gasteiger partial charge in [0, 0.05) is 12.5 Å². The van der Waals surface area contributed by atoms with Gasteiger partial charge in [0.15, 0.2) is 0 Å². The van der Waals surface area contributed by atoms with Gasteiger partial charge in [-0.1, -0.05) is 32.6 Å². The molecular formula is C15H25NO3. The number of amides is 1. The fourth-order valence-corrected chi connectivity index (χ4v) is 3.40. The van der Waals surface area contributed by atoms with Crippen LogP contribution in [0.25, 0.3) is 0 Å². The summed E-state index contributed by atoms with van der Waals surface area (Å²) in [6.45, 7) is 2.69. The molecular weight excluding hydrogens is 242 g/mol. The van der Waals surface area contributed by atoms with Gasteiger partial charge < -0.3 is 10.0 Å². The van der Waals surface area contributed by atoms with Gasteiger partial charge in [-0.05, 0) is 31.6 Å². The molecule has 108 valence electrons. The van der Waals surface area contributed by atoms with Crippen molar-refractivity contribution in [3.8, 4) is 0 Å². The maximum absolute atomic E-state index is 12.6. The van der Waals surface area contributed by atoms with E-state index in [4.69, 9.17) is 0 Å². The first-order chi connectivity index (χ1) is 9.09. The van der Waals surface area contributed by atoms with Crippen LogP contribution in [-0.4, -0.2) is 34.5 Å². The molecule has 0 aromatic rings. The molecule has 1 saturated heterocycles. The monoisotopic (exact) mass is 267 g/mol. The zero-order chi connectivity index (χ0) is 13.8. The second-order valence-electron chi connectivity index (χ2n) is 6.20. The predicted octanol–water partition coefficient (Wildman–Crippen LogP) is 2.67. The normalized spacial score (nSPS) is 29.8. The van der Waals surface area contributed by atoms with Crippen LogP contribution in [0.4, 0.5) is 0 Å². The zero-order valence-corrected chi connectivity index (χ0v) is 11.8. The number of carbonyl (C=O) groups excluding carboxylic acids is 1. The third-order valence-electron chi connectivity index (χ3n) is 4.64. The van der Waals surface area contributed by atoms with E-state index in [0.717, 1.165) is 32.1 Å². The van der Waals surface area contributed by atoms with Crippen molar-refractivity contribution in [1.82, 2.24) is 4.90 Å². The van der Waals surface area contributed by atoms with Crippen LogP contribution in [0.3, 0.4) is 0 Å². The van der Waals surface area contributed by atoms with Gasteiger partial charge in [0.1, 0.15) is 6.04 Å². The van der Waals surface area contributed by atoms with Gasteiger partial charge in [-0.25, -0.2) is 4.79 Å². The topological polar surface area (TPSA) is 57.6 Å². The maximum Gasteiger partial charge on any atom is 0.326 e. The number of hydrogen-bond acceptors (Lipinski definition) is 2. The summed E-state index contributed by atoms with van der Waals surface area (Å²) < 4.78 is 0. The highest BCUT2D eigenvalue weighted by Gasteiger charge is 2.37. The molecule has 0 radical (unpaired) electrons. The van der Waals surface area contributed by atoms with Gasteiger partial charge >= 0.3 is 5.97 Å². The van der Waals surface area contributed by atoms with Gasteiger partial charge in [-0.3, -0.25) is 4.79 Å². The lowest BCUT2D eigenvalue weighted by molar-refractivity contribution is -0.155. The van der Waals surface area contributed by atoms with Crippen molar-refractivity contribution in [3.63, 3.8) is 0 Å². The van der Waals surface area contributed by atoms with Crippen LogP contribution in [0.2, 0.25) is 0 Å². The van der Waals surface area contributed by atoms with Crippen LogP contribution in [0, 0.1) is 11.8 Å². The standard InChI is InChI=1S/C15H25NO3/c1-11-8-9-16(13(10-11)15(18)19)14(17)12-6-4-2-3-5-7-12/h11-13H,2-10H2,1H3,(H,18,19). The first-order valence-electron chi connectivity index (χ1n) is 7.63. The van der Waals surface area contributed by atoms with E-state index in [1.807, 2.05) is 0 Å². The average molecular weight is 267 g/mol. The lowest BCUT2D eigenvalue weighted by Crippen LogP contribution is -2.51. The number of aliphatic carboxylic acids is 1. The van der Waals surface area contributed by atoms with Crippen LogP contribution >= 0.6 is 0 Å². The maximum atomic E-state index is 12.6. The Morgan fingerprint density at radius 1 is 1.05 bits per heavy atom. The molecule has 0 bridgehead atoms. The summed E-state index contributed by atoms with van der Waals surface area (Å²) in [5.74, 6) is -0.272. The molecule has 4 nitrogen and oxygen atoms in total. The number of nitrogens with zero attached hydrogens (tertiary/aromatic N) is 1. The molecule has 1 N–H and O–H groups in total. The van der Waals surface area contributed by atoms with Crippen molar-refractivity contribution in [1.29, 1.82) is 0 Å². The molecule has 19 heavy (non-hydrogen) atoms. The molecule has 2 unspecified atom stereocenters. The lowest BCUT2D eigenvalue weighted by Gasteiger charge is -2.37. The van der Waals surface area contributed by atoms with Gasteiger partial charge in [0.05, 0.1) is 0 Å². The summed E-state index contributed by atoms with van der Waals surface area (Å²) in [5.41, 5.74) is 0. The molecule has 1 heterocycles. The second kappa shape index (κ2) is 6.40. The quantitative estimate of drug-likeness (QED) is 0.783. The molecule has 1 amide bonds. The molecule has 4 heteroatoms. The highest BCUT2D eigenvalue weighted by Crippen LogP contribution is 2.29. The minimum atomic E-state index is -0.839. The summed E-state index contributed by atoms with van der Waals surface area (Å²) in [6.07, 6.45) is 8.06. The number of carbonyl (C=O) groups is 2. The van der Waals surface area contributed by atoms with Gasteiger partial charge in [-0.15, -0.1) is 0 Å². The van der Waals surface area contributed by atoms with Crippen LogP contribution in [0.1, 0.15) is 58.3 Å². The molecule has 2 rings (SSSR count). The number of rotatable bonds is 2. The number of carboxylic acids is 1. The van der Waals surface area contributed by atoms with E-state index in [1.165, 1.54) is 12.8 Å². The Morgan fingerprint density at radius 2 is 1.68 bits per heavy atom. The Bertz CT molecular complexity index is 334. The Hall–Kier alpha value is -1.06. The number of hydrogen-bond donors (Lipinski definition) is 1. The SMILES string of the molecule is CC1CCN(C(=O)C2CCCCCC2)C(C(=O)O)C1. The summed E-state index contributed by atoms with van der Waals surface area (Å²) in [7, 11) is 0. The molecule has 0 spiro atoms. The van der Waals surface area contributed by atoms with E-state index >= 15 is 0 Å². The molecule has 1 aliphatic heterocycles. The smallest absolute Gasteiger partial charge is 0.326 e. The Kier molecular flexibility index (Phi) is 4.83. The van der Waals surface area contributed by atoms with Crippen molar-refractivity contribution < 1.29 is 14.7 Å². The van der Waals surface area contributed by atoms with Gasteiger partial charge in [-0.2, -0.15) is 0 Å². The lowest BCUT2D eigenvalue weighted by atomic mass is 9.90. The van der Waals surface area contributed by atoms with Crippen molar-refractivity contribution in [2.24, 2.45) is 11.8 Å². The highest BCUT2D eigenvalue weighted by molar-refractivity contribution is 5.85. The first kappa shape index (κ1) is 14.4. The van der Waals surface area contributed by atoms with E-state index in [2.05, 4.69) is 6.92 Å². The number of piperidine rings is 1. The van der Waals surface area contributed by atoms with E-state index in [1.54, 1.807) is 4.90 Å². The number of carboxylic acid groups (broad SMARTS) is 1. The Labute approximate surface area is 115 Å². The zero-order valence-electron chi connectivity index (χ0n) is 11.8. The van der Waals surface area contributed by atoms with Crippen LogP contribution < -0.4 is 0 Å². The molecule has 2 fully saturated rings. The first-order valence-corrected chi connectivity index (χ1v) is 7.63. The summed E-state index contributed by atoms with van der Waals surface area (Å²) in [5, 5.41) is 9.34. The van der Waals surface area contributed by atoms with Crippen molar-refractivity contribution in [3.05, 3.63) is 0 Å². The van der Waals surface area contributed by atoms with Crippen molar-refractivity contribution in [2.45, 2.75) is 64.3 Å². The van der Waals surface area contributed by atoms with E-state index in [9.17, 15) is 14.7 Å².